The molecule has 1 aromatic rings. The Morgan fingerprint density at radius 1 is 1.15 bits per heavy atom. The van der Waals surface area contributed by atoms with Crippen LogP contribution in [0.25, 0.3) is 0 Å². The van der Waals surface area contributed by atoms with Gasteiger partial charge in [0.2, 0.25) is 0 Å². The third kappa shape index (κ3) is 2.28. The SMILES string of the molecule is NC(=S)c1cc(F)c(N2CCCC3CCCC32)c(F)c1. The largest absolute Gasteiger partial charge is 0.389 e. The topological polar surface area (TPSA) is 29.3 Å². The minimum absolute atomic E-state index is 0.0201. The average Bonchev–Trinajstić information content (AvgIpc) is 2.86. The lowest BCUT2D eigenvalue weighted by atomic mass is 9.91. The van der Waals surface area contributed by atoms with Crippen LogP contribution in [-0.2, 0) is 0 Å². The van der Waals surface area contributed by atoms with Crippen LogP contribution in [0.1, 0.15) is 37.7 Å². The van der Waals surface area contributed by atoms with Crippen LogP contribution in [-0.4, -0.2) is 17.6 Å². The molecule has 2 fully saturated rings. The van der Waals surface area contributed by atoms with Gasteiger partial charge in [-0.05, 0) is 43.7 Å². The maximum absolute atomic E-state index is 14.3. The molecule has 1 saturated heterocycles. The van der Waals surface area contributed by atoms with E-state index in [1.807, 2.05) is 4.90 Å². The van der Waals surface area contributed by atoms with Gasteiger partial charge in [0.1, 0.15) is 22.3 Å². The van der Waals surface area contributed by atoms with Crippen LogP contribution >= 0.6 is 12.2 Å². The van der Waals surface area contributed by atoms with Gasteiger partial charge in [0.15, 0.2) is 0 Å². The molecule has 0 spiro atoms. The Balaban J connectivity index is 1.99. The maximum atomic E-state index is 14.3. The van der Waals surface area contributed by atoms with Gasteiger partial charge in [0.05, 0.1) is 0 Å². The van der Waals surface area contributed by atoms with Gasteiger partial charge in [0, 0.05) is 18.2 Å². The fourth-order valence-corrected chi connectivity index (χ4v) is 3.83. The number of hydrogen-bond acceptors (Lipinski definition) is 2. The van der Waals surface area contributed by atoms with Gasteiger partial charge in [0.25, 0.3) is 0 Å². The van der Waals surface area contributed by atoms with Crippen molar-refractivity contribution >= 4 is 22.9 Å². The molecule has 1 saturated carbocycles. The van der Waals surface area contributed by atoms with Crippen molar-refractivity contribution in [1.82, 2.24) is 0 Å². The Morgan fingerprint density at radius 2 is 1.80 bits per heavy atom. The van der Waals surface area contributed by atoms with E-state index in [2.05, 4.69) is 0 Å². The van der Waals surface area contributed by atoms with E-state index in [-0.39, 0.29) is 22.3 Å². The standard InChI is InChI=1S/C15H18F2N2S/c16-11-7-10(15(18)20)8-12(17)14(11)19-6-2-4-9-3-1-5-13(9)19/h7-9,13H,1-6H2,(H2,18,20). The smallest absolute Gasteiger partial charge is 0.150 e. The highest BCUT2D eigenvalue weighted by Gasteiger charge is 2.37. The van der Waals surface area contributed by atoms with Crippen LogP contribution in [0.5, 0.6) is 0 Å². The Kier molecular flexibility index (Phi) is 3.63. The third-order valence-electron chi connectivity index (χ3n) is 4.58. The van der Waals surface area contributed by atoms with E-state index in [9.17, 15) is 8.78 Å². The highest BCUT2D eigenvalue weighted by atomic mass is 32.1. The molecule has 1 aliphatic carbocycles. The van der Waals surface area contributed by atoms with E-state index in [4.69, 9.17) is 18.0 Å². The highest BCUT2D eigenvalue weighted by Crippen LogP contribution is 2.40. The van der Waals surface area contributed by atoms with Crippen LogP contribution in [0, 0.1) is 17.6 Å². The second-order valence-electron chi connectivity index (χ2n) is 5.75. The number of thiocarbonyl (C=S) groups is 1. The molecule has 3 rings (SSSR count). The van der Waals surface area contributed by atoms with E-state index < -0.39 is 11.6 Å². The van der Waals surface area contributed by atoms with Gasteiger partial charge in [-0.3, -0.25) is 0 Å². The number of piperidine rings is 1. The summed E-state index contributed by atoms with van der Waals surface area (Å²) in [5, 5.41) is 0. The number of benzene rings is 1. The number of anilines is 1. The summed E-state index contributed by atoms with van der Waals surface area (Å²) >= 11 is 4.79. The summed E-state index contributed by atoms with van der Waals surface area (Å²) in [6, 6.07) is 2.78. The second kappa shape index (κ2) is 5.28. The summed E-state index contributed by atoms with van der Waals surface area (Å²) in [6.45, 7) is 0.724. The van der Waals surface area contributed by atoms with Gasteiger partial charge >= 0.3 is 0 Å². The molecular weight excluding hydrogens is 278 g/mol. The third-order valence-corrected chi connectivity index (χ3v) is 4.82. The van der Waals surface area contributed by atoms with E-state index in [1.54, 1.807) is 0 Å². The lowest BCUT2D eigenvalue weighted by Gasteiger charge is -2.39. The van der Waals surface area contributed by atoms with Gasteiger partial charge < -0.3 is 10.6 Å². The van der Waals surface area contributed by atoms with E-state index in [1.165, 1.54) is 25.0 Å². The van der Waals surface area contributed by atoms with E-state index in [0.717, 1.165) is 25.8 Å². The monoisotopic (exact) mass is 296 g/mol. The normalized spacial score (nSPS) is 25.6. The molecule has 20 heavy (non-hydrogen) atoms. The van der Waals surface area contributed by atoms with E-state index in [0.29, 0.717) is 5.92 Å². The van der Waals surface area contributed by atoms with Gasteiger partial charge in [-0.2, -0.15) is 0 Å². The van der Waals surface area contributed by atoms with Crippen molar-refractivity contribution in [1.29, 1.82) is 0 Å². The molecule has 108 valence electrons. The summed E-state index contributed by atoms with van der Waals surface area (Å²) in [5.41, 5.74) is 5.80. The van der Waals surface area contributed by atoms with Gasteiger partial charge in [-0.25, -0.2) is 8.78 Å². The molecule has 1 aromatic carbocycles. The minimum atomic E-state index is -0.555. The maximum Gasteiger partial charge on any atom is 0.150 e. The zero-order valence-corrected chi connectivity index (χ0v) is 12.1. The zero-order valence-electron chi connectivity index (χ0n) is 11.2. The molecule has 1 aliphatic heterocycles. The Bertz CT molecular complexity index is 524. The summed E-state index contributed by atoms with van der Waals surface area (Å²) in [5.74, 6) is -0.529. The van der Waals surface area contributed by atoms with Crippen molar-refractivity contribution in [3.8, 4) is 0 Å². The second-order valence-corrected chi connectivity index (χ2v) is 6.19. The number of nitrogens with zero attached hydrogens (tertiary/aromatic N) is 1. The number of hydrogen-bond donors (Lipinski definition) is 1. The van der Waals surface area contributed by atoms with Crippen molar-refractivity contribution in [2.24, 2.45) is 11.7 Å². The fraction of sp³-hybridized carbons (Fsp3) is 0.533. The molecule has 2 atom stereocenters. The number of nitrogens with two attached hydrogens (primary N) is 1. The summed E-state index contributed by atoms with van der Waals surface area (Å²) < 4.78 is 28.6. The Labute approximate surface area is 122 Å². The predicted octanol–water partition coefficient (Wildman–Crippen LogP) is 3.37. The summed E-state index contributed by atoms with van der Waals surface area (Å²) in [4.78, 5) is 1.95. The van der Waals surface area contributed by atoms with Gasteiger partial charge in [-0.15, -0.1) is 0 Å². The summed E-state index contributed by atoms with van der Waals surface area (Å²) in [7, 11) is 0. The first-order chi connectivity index (χ1) is 9.58. The lowest BCUT2D eigenvalue weighted by Crippen LogP contribution is -2.43. The minimum Gasteiger partial charge on any atom is -0.389 e. The number of rotatable bonds is 2. The van der Waals surface area contributed by atoms with Crippen LogP contribution in [0.2, 0.25) is 0 Å². The molecule has 2 unspecified atom stereocenters. The molecule has 0 amide bonds. The highest BCUT2D eigenvalue weighted by molar-refractivity contribution is 7.80. The van der Waals surface area contributed by atoms with Crippen molar-refractivity contribution in [3.63, 3.8) is 0 Å². The van der Waals surface area contributed by atoms with Crippen molar-refractivity contribution in [3.05, 3.63) is 29.3 Å². The molecule has 2 aliphatic rings. The van der Waals surface area contributed by atoms with Crippen LogP contribution in [0.4, 0.5) is 14.5 Å². The van der Waals surface area contributed by atoms with Crippen LogP contribution < -0.4 is 10.6 Å². The first kappa shape index (κ1) is 13.7. The summed E-state index contributed by atoms with van der Waals surface area (Å²) in [6.07, 6.45) is 5.53. The average molecular weight is 296 g/mol. The van der Waals surface area contributed by atoms with Crippen LogP contribution in [0.15, 0.2) is 12.1 Å². The molecular formula is C15H18F2N2S. The van der Waals surface area contributed by atoms with Crippen molar-refractivity contribution in [2.45, 2.75) is 38.1 Å². The molecule has 0 aromatic heterocycles. The molecule has 2 N–H and O–H groups in total. The number of halogens is 2. The first-order valence-electron chi connectivity index (χ1n) is 7.13. The van der Waals surface area contributed by atoms with Gasteiger partial charge in [-0.1, -0.05) is 18.6 Å². The van der Waals surface area contributed by atoms with E-state index >= 15 is 0 Å². The molecule has 0 bridgehead atoms. The Morgan fingerprint density at radius 3 is 2.45 bits per heavy atom. The molecule has 0 radical (unpaired) electrons. The Hall–Kier alpha value is -1.23. The zero-order chi connectivity index (χ0) is 14.3. The van der Waals surface area contributed by atoms with Crippen molar-refractivity contribution < 1.29 is 8.78 Å². The van der Waals surface area contributed by atoms with Crippen molar-refractivity contribution in [2.75, 3.05) is 11.4 Å². The fourth-order valence-electron chi connectivity index (χ4n) is 3.71. The molecule has 5 heteroatoms. The van der Waals surface area contributed by atoms with Crippen LogP contribution in [0.3, 0.4) is 0 Å². The lowest BCUT2D eigenvalue weighted by molar-refractivity contribution is 0.356. The predicted molar refractivity (Wildman–Crippen MR) is 80.0 cm³/mol. The first-order valence-corrected chi connectivity index (χ1v) is 7.54. The number of fused-ring (bicyclic) bond motifs is 1. The molecule has 1 heterocycles. The quantitative estimate of drug-likeness (QED) is 0.849. The molecule has 2 nitrogen and oxygen atoms in total.